The molecule has 0 saturated carbocycles. The van der Waals surface area contributed by atoms with E-state index in [0.29, 0.717) is 17.8 Å². The minimum absolute atomic E-state index is 0.0135. The quantitative estimate of drug-likeness (QED) is 0.677. The fraction of sp³-hybridized carbons (Fsp3) is 0.381. The second kappa shape index (κ2) is 8.34. The van der Waals surface area contributed by atoms with Crippen molar-refractivity contribution in [3.63, 3.8) is 0 Å². The highest BCUT2D eigenvalue weighted by molar-refractivity contribution is 7.15. The Bertz CT molecular complexity index is 1010. The molecular weight excluding hydrogens is 386 g/mol. The molecule has 2 aromatic heterocycles. The van der Waals surface area contributed by atoms with E-state index in [2.05, 4.69) is 20.5 Å². The Morgan fingerprint density at radius 2 is 2.21 bits per heavy atom. The molecule has 4 rings (SSSR count). The number of fused-ring (bicyclic) bond motifs is 1. The van der Waals surface area contributed by atoms with Gasteiger partial charge in [0.05, 0.1) is 18.2 Å². The van der Waals surface area contributed by atoms with E-state index in [9.17, 15) is 9.59 Å². The molecule has 0 spiro atoms. The molecular formula is C21H25N5O2S. The molecule has 1 fully saturated rings. The van der Waals surface area contributed by atoms with E-state index in [0.717, 1.165) is 42.1 Å². The number of hydrogen-bond acceptors (Lipinski definition) is 5. The highest BCUT2D eigenvalue weighted by Crippen LogP contribution is 2.21. The zero-order chi connectivity index (χ0) is 20.4. The second-order valence-electron chi connectivity index (χ2n) is 7.63. The van der Waals surface area contributed by atoms with Crippen LogP contribution in [0.5, 0.6) is 0 Å². The molecule has 1 saturated heterocycles. The van der Waals surface area contributed by atoms with Crippen LogP contribution in [0, 0.1) is 12.8 Å². The van der Waals surface area contributed by atoms with E-state index in [-0.39, 0.29) is 17.7 Å². The third kappa shape index (κ3) is 4.49. The lowest BCUT2D eigenvalue weighted by Gasteiger charge is -2.28. The predicted molar refractivity (Wildman–Crippen MR) is 114 cm³/mol. The minimum atomic E-state index is -0.186. The normalized spacial score (nSPS) is 17.4. The van der Waals surface area contributed by atoms with E-state index >= 15 is 0 Å². The molecule has 0 aliphatic carbocycles. The minimum Gasteiger partial charge on any atom is -0.346 e. The number of likely N-dealkylation sites (tertiary alicyclic amines) is 1. The summed E-state index contributed by atoms with van der Waals surface area (Å²) in [6.07, 6.45) is 5.78. The maximum Gasteiger partial charge on any atom is 0.251 e. The van der Waals surface area contributed by atoms with Crippen molar-refractivity contribution in [1.82, 2.24) is 19.6 Å². The Morgan fingerprint density at radius 1 is 1.34 bits per heavy atom. The molecule has 152 valence electrons. The van der Waals surface area contributed by atoms with Crippen LogP contribution < -0.4 is 10.6 Å². The van der Waals surface area contributed by atoms with E-state index in [4.69, 9.17) is 0 Å². The first-order valence-corrected chi connectivity index (χ1v) is 10.7. The standard InChI is InChI=1S/C21H25N5O2S/c1-14-5-6-15(10-18(14)24-20(28)16-4-3-7-25(2)12-16)19(27)22-11-17-13-26-8-9-29-21(26)23-17/h5-6,8-10,13,16H,3-4,7,11-12H2,1-2H3,(H,22,27)(H,24,28). The summed E-state index contributed by atoms with van der Waals surface area (Å²) in [5.74, 6) is -0.176. The third-order valence-corrected chi connectivity index (χ3v) is 6.10. The second-order valence-corrected chi connectivity index (χ2v) is 8.50. The predicted octanol–water partition coefficient (Wildman–Crippen LogP) is 2.91. The van der Waals surface area contributed by atoms with Gasteiger partial charge in [-0.05, 0) is 51.1 Å². The molecule has 2 N–H and O–H groups in total. The van der Waals surface area contributed by atoms with Crippen LogP contribution in [0.1, 0.15) is 34.5 Å². The number of aromatic nitrogens is 2. The van der Waals surface area contributed by atoms with Crippen molar-refractivity contribution in [2.75, 3.05) is 25.5 Å². The summed E-state index contributed by atoms with van der Waals surface area (Å²) in [5.41, 5.74) is 2.96. The highest BCUT2D eigenvalue weighted by Gasteiger charge is 2.24. The largest absolute Gasteiger partial charge is 0.346 e. The zero-order valence-electron chi connectivity index (χ0n) is 16.6. The fourth-order valence-corrected chi connectivity index (χ4v) is 4.37. The number of benzene rings is 1. The average Bonchev–Trinajstić information content (AvgIpc) is 3.29. The SMILES string of the molecule is Cc1ccc(C(=O)NCc2cn3ccsc3n2)cc1NC(=O)C1CCCN(C)C1. The number of imidazole rings is 1. The topological polar surface area (TPSA) is 78.7 Å². The van der Waals surface area contributed by atoms with Crippen molar-refractivity contribution >= 4 is 33.8 Å². The van der Waals surface area contributed by atoms with Crippen LogP contribution in [-0.4, -0.2) is 46.2 Å². The van der Waals surface area contributed by atoms with Crippen molar-refractivity contribution in [1.29, 1.82) is 0 Å². The number of rotatable bonds is 5. The zero-order valence-corrected chi connectivity index (χ0v) is 17.5. The molecule has 1 unspecified atom stereocenters. The molecule has 3 aromatic rings. The van der Waals surface area contributed by atoms with Crippen LogP contribution in [0.15, 0.2) is 36.0 Å². The maximum atomic E-state index is 12.7. The number of aryl methyl sites for hydroxylation is 1. The van der Waals surface area contributed by atoms with Crippen LogP contribution in [0.25, 0.3) is 4.96 Å². The molecule has 1 atom stereocenters. The van der Waals surface area contributed by atoms with Gasteiger partial charge in [0.15, 0.2) is 4.96 Å². The summed E-state index contributed by atoms with van der Waals surface area (Å²) in [5, 5.41) is 7.90. The number of hydrogen-bond donors (Lipinski definition) is 2. The highest BCUT2D eigenvalue weighted by atomic mass is 32.1. The van der Waals surface area contributed by atoms with Gasteiger partial charge >= 0.3 is 0 Å². The van der Waals surface area contributed by atoms with Crippen LogP contribution in [-0.2, 0) is 11.3 Å². The number of carbonyl (C=O) groups excluding carboxylic acids is 2. The number of thiazole rings is 1. The molecule has 3 heterocycles. The number of anilines is 1. The van der Waals surface area contributed by atoms with Gasteiger partial charge in [0.25, 0.3) is 5.91 Å². The van der Waals surface area contributed by atoms with Crippen molar-refractivity contribution in [3.05, 3.63) is 52.8 Å². The summed E-state index contributed by atoms with van der Waals surface area (Å²) in [4.78, 5) is 32.8. The fourth-order valence-electron chi connectivity index (χ4n) is 3.65. The van der Waals surface area contributed by atoms with Gasteiger partial charge in [-0.15, -0.1) is 11.3 Å². The van der Waals surface area contributed by atoms with Gasteiger partial charge in [-0.3, -0.25) is 14.0 Å². The first kappa shape index (κ1) is 19.6. The van der Waals surface area contributed by atoms with Gasteiger partial charge in [-0.2, -0.15) is 0 Å². The Morgan fingerprint density at radius 3 is 3.00 bits per heavy atom. The van der Waals surface area contributed by atoms with E-state index in [1.165, 1.54) is 0 Å². The number of nitrogens with zero attached hydrogens (tertiary/aromatic N) is 3. The van der Waals surface area contributed by atoms with E-state index in [1.54, 1.807) is 23.5 Å². The molecule has 1 aromatic carbocycles. The van der Waals surface area contributed by atoms with Crippen LogP contribution in [0.4, 0.5) is 5.69 Å². The lowest BCUT2D eigenvalue weighted by molar-refractivity contribution is -0.121. The van der Waals surface area contributed by atoms with Crippen LogP contribution in [0.3, 0.4) is 0 Å². The van der Waals surface area contributed by atoms with Crippen molar-refractivity contribution in [2.45, 2.75) is 26.3 Å². The van der Waals surface area contributed by atoms with Gasteiger partial charge in [-0.1, -0.05) is 6.07 Å². The molecule has 0 radical (unpaired) electrons. The number of carbonyl (C=O) groups is 2. The summed E-state index contributed by atoms with van der Waals surface area (Å²) >= 11 is 1.56. The lowest BCUT2D eigenvalue weighted by atomic mass is 9.97. The van der Waals surface area contributed by atoms with E-state index in [1.807, 2.05) is 42.2 Å². The maximum absolute atomic E-state index is 12.7. The van der Waals surface area contributed by atoms with Crippen molar-refractivity contribution in [2.24, 2.45) is 5.92 Å². The molecule has 1 aliphatic heterocycles. The van der Waals surface area contributed by atoms with Crippen molar-refractivity contribution < 1.29 is 9.59 Å². The summed E-state index contributed by atoms with van der Waals surface area (Å²) < 4.78 is 1.94. The summed E-state index contributed by atoms with van der Waals surface area (Å²) in [6.45, 7) is 4.10. The third-order valence-electron chi connectivity index (χ3n) is 5.33. The number of piperidine rings is 1. The lowest BCUT2D eigenvalue weighted by Crippen LogP contribution is -2.38. The van der Waals surface area contributed by atoms with E-state index < -0.39 is 0 Å². The molecule has 29 heavy (non-hydrogen) atoms. The van der Waals surface area contributed by atoms with Gasteiger partial charge in [0.1, 0.15) is 0 Å². The van der Waals surface area contributed by atoms with Crippen molar-refractivity contribution in [3.8, 4) is 0 Å². The number of amides is 2. The Kier molecular flexibility index (Phi) is 5.64. The number of nitrogens with one attached hydrogen (secondary N) is 2. The Balaban J connectivity index is 1.40. The Hall–Kier alpha value is -2.71. The van der Waals surface area contributed by atoms with Gasteiger partial charge in [0.2, 0.25) is 5.91 Å². The van der Waals surface area contributed by atoms with Gasteiger partial charge in [-0.25, -0.2) is 4.98 Å². The first-order chi connectivity index (χ1) is 14.0. The van der Waals surface area contributed by atoms with Gasteiger partial charge in [0, 0.05) is 35.6 Å². The molecule has 7 nitrogen and oxygen atoms in total. The molecule has 1 aliphatic rings. The molecule has 2 amide bonds. The summed E-state index contributed by atoms with van der Waals surface area (Å²) in [7, 11) is 2.04. The van der Waals surface area contributed by atoms with Crippen LogP contribution in [0.2, 0.25) is 0 Å². The first-order valence-electron chi connectivity index (χ1n) is 9.79. The molecule has 0 bridgehead atoms. The molecule has 8 heteroatoms. The summed E-state index contributed by atoms with van der Waals surface area (Å²) in [6, 6.07) is 5.39. The Labute approximate surface area is 173 Å². The van der Waals surface area contributed by atoms with Gasteiger partial charge < -0.3 is 15.5 Å². The van der Waals surface area contributed by atoms with Crippen LogP contribution >= 0.6 is 11.3 Å². The smallest absolute Gasteiger partial charge is 0.251 e. The average molecular weight is 412 g/mol. The monoisotopic (exact) mass is 411 g/mol.